The topological polar surface area (TPSA) is 77.1 Å². The van der Waals surface area contributed by atoms with Crippen molar-refractivity contribution in [2.45, 2.75) is 25.3 Å². The predicted molar refractivity (Wildman–Crippen MR) is 147 cm³/mol. The highest BCUT2D eigenvalue weighted by atomic mass is 16.7. The molecule has 0 fully saturated rings. The smallest absolute Gasteiger partial charge is 0.256 e. The van der Waals surface area contributed by atoms with Crippen LogP contribution >= 0.6 is 0 Å². The minimum absolute atomic E-state index is 0.0910. The van der Waals surface area contributed by atoms with Crippen molar-refractivity contribution in [3.05, 3.63) is 113 Å². The van der Waals surface area contributed by atoms with E-state index in [2.05, 4.69) is 12.2 Å². The third-order valence-electron chi connectivity index (χ3n) is 7.85. The summed E-state index contributed by atoms with van der Waals surface area (Å²) < 4.78 is 17.2. The van der Waals surface area contributed by atoms with Gasteiger partial charge in [-0.3, -0.25) is 9.59 Å². The van der Waals surface area contributed by atoms with E-state index < -0.39 is 5.41 Å². The number of hydrogen-bond acceptors (Lipinski definition) is 5. The van der Waals surface area contributed by atoms with Gasteiger partial charge in [-0.05, 0) is 53.4 Å². The maximum atomic E-state index is 14.4. The van der Waals surface area contributed by atoms with E-state index in [0.717, 1.165) is 34.5 Å². The molecule has 0 radical (unpaired) electrons. The van der Waals surface area contributed by atoms with Crippen molar-refractivity contribution >= 4 is 23.2 Å². The Balaban J connectivity index is 1.24. The predicted octanol–water partition coefficient (Wildman–Crippen LogP) is 5.46. The van der Waals surface area contributed by atoms with Gasteiger partial charge in [0.05, 0.1) is 6.54 Å². The lowest BCUT2D eigenvalue weighted by molar-refractivity contribution is -0.122. The van der Waals surface area contributed by atoms with Gasteiger partial charge in [0.2, 0.25) is 12.7 Å². The first-order chi connectivity index (χ1) is 19.1. The van der Waals surface area contributed by atoms with Gasteiger partial charge in [0.1, 0.15) is 17.8 Å². The maximum absolute atomic E-state index is 14.4. The van der Waals surface area contributed by atoms with E-state index in [1.165, 1.54) is 5.56 Å². The summed E-state index contributed by atoms with van der Waals surface area (Å²) in [4.78, 5) is 29.5. The van der Waals surface area contributed by atoms with Gasteiger partial charge in [-0.25, -0.2) is 0 Å². The Morgan fingerprint density at radius 2 is 1.62 bits per heavy atom. The molecule has 1 N–H and O–H groups in total. The van der Waals surface area contributed by atoms with Crippen LogP contribution in [0.4, 0.5) is 11.4 Å². The summed E-state index contributed by atoms with van der Waals surface area (Å²) in [5.74, 6) is 1.54. The molecule has 0 aromatic heterocycles. The number of ether oxygens (including phenoxy) is 3. The molecule has 1 spiro atoms. The van der Waals surface area contributed by atoms with Gasteiger partial charge in [-0.15, -0.1) is 0 Å². The normalized spacial score (nSPS) is 18.2. The van der Waals surface area contributed by atoms with Crippen molar-refractivity contribution in [2.75, 3.05) is 23.6 Å². The van der Waals surface area contributed by atoms with Crippen LogP contribution in [-0.4, -0.2) is 25.2 Å². The molecule has 194 valence electrons. The van der Waals surface area contributed by atoms with Crippen LogP contribution in [0.2, 0.25) is 0 Å². The van der Waals surface area contributed by atoms with Crippen LogP contribution in [0.3, 0.4) is 0 Å². The molecule has 7 nitrogen and oxygen atoms in total. The molecular weight excluding hydrogens is 492 g/mol. The molecule has 4 aromatic carbocycles. The number of anilines is 2. The van der Waals surface area contributed by atoms with Gasteiger partial charge in [0.25, 0.3) is 5.91 Å². The fourth-order valence-electron chi connectivity index (χ4n) is 5.79. The number of carbonyl (C=O) groups is 2. The SMILES string of the molecule is CCc1ccc(NC(=O)c2ccccc2CN2C(=O)C3(COc4cc5c(cc43)OCO5)c3ccccc32)cc1. The molecular formula is C32H26N2O5. The molecule has 4 aromatic rings. The molecule has 0 saturated heterocycles. The van der Waals surface area contributed by atoms with Gasteiger partial charge in [0.15, 0.2) is 11.5 Å². The quantitative estimate of drug-likeness (QED) is 0.380. The van der Waals surface area contributed by atoms with Crippen LogP contribution in [-0.2, 0) is 23.2 Å². The number of rotatable bonds is 5. The number of amides is 2. The van der Waals surface area contributed by atoms with Crippen molar-refractivity contribution in [3.63, 3.8) is 0 Å². The molecule has 3 heterocycles. The minimum atomic E-state index is -0.995. The first-order valence-corrected chi connectivity index (χ1v) is 13.0. The van der Waals surface area contributed by atoms with E-state index in [1.54, 1.807) is 17.0 Å². The van der Waals surface area contributed by atoms with Crippen molar-refractivity contribution in [3.8, 4) is 17.2 Å². The maximum Gasteiger partial charge on any atom is 0.256 e. The summed E-state index contributed by atoms with van der Waals surface area (Å²) in [5, 5.41) is 3.00. The summed E-state index contributed by atoms with van der Waals surface area (Å²) in [6.07, 6.45) is 0.933. The summed E-state index contributed by atoms with van der Waals surface area (Å²) in [7, 11) is 0. The third kappa shape index (κ3) is 3.57. The van der Waals surface area contributed by atoms with Crippen LogP contribution in [0.1, 0.15) is 39.5 Å². The lowest BCUT2D eigenvalue weighted by Crippen LogP contribution is -2.42. The van der Waals surface area contributed by atoms with Gasteiger partial charge in [-0.1, -0.05) is 55.5 Å². The number of nitrogens with zero attached hydrogens (tertiary/aromatic N) is 1. The van der Waals surface area contributed by atoms with Gasteiger partial charge in [0, 0.05) is 28.6 Å². The fourth-order valence-corrected chi connectivity index (χ4v) is 5.79. The largest absolute Gasteiger partial charge is 0.491 e. The van der Waals surface area contributed by atoms with E-state index in [1.807, 2.05) is 72.8 Å². The van der Waals surface area contributed by atoms with Gasteiger partial charge < -0.3 is 24.4 Å². The number of aryl methyl sites for hydroxylation is 1. The van der Waals surface area contributed by atoms with E-state index in [0.29, 0.717) is 22.8 Å². The van der Waals surface area contributed by atoms with Crippen molar-refractivity contribution < 1.29 is 23.8 Å². The molecule has 3 aliphatic heterocycles. The highest BCUT2D eigenvalue weighted by molar-refractivity contribution is 6.12. The van der Waals surface area contributed by atoms with E-state index >= 15 is 0 Å². The van der Waals surface area contributed by atoms with Crippen molar-refractivity contribution in [2.24, 2.45) is 0 Å². The second-order valence-corrected chi connectivity index (χ2v) is 9.97. The highest BCUT2D eigenvalue weighted by Crippen LogP contribution is 2.55. The molecule has 3 aliphatic rings. The average Bonchev–Trinajstić information content (AvgIpc) is 3.65. The highest BCUT2D eigenvalue weighted by Gasteiger charge is 2.57. The van der Waals surface area contributed by atoms with Crippen LogP contribution in [0.15, 0.2) is 84.9 Å². The Labute approximate surface area is 225 Å². The van der Waals surface area contributed by atoms with Crippen molar-refractivity contribution in [1.29, 1.82) is 0 Å². The second-order valence-electron chi connectivity index (χ2n) is 9.97. The summed E-state index contributed by atoms with van der Waals surface area (Å²) in [6, 6.07) is 26.7. The zero-order valence-corrected chi connectivity index (χ0v) is 21.4. The summed E-state index contributed by atoms with van der Waals surface area (Å²) in [6.45, 7) is 2.67. The minimum Gasteiger partial charge on any atom is -0.491 e. The number of carbonyl (C=O) groups excluding carboxylic acids is 2. The van der Waals surface area contributed by atoms with Crippen LogP contribution in [0.25, 0.3) is 0 Å². The van der Waals surface area contributed by atoms with Gasteiger partial charge in [-0.2, -0.15) is 0 Å². The standard InChI is InChI=1S/C32H26N2O5/c1-2-20-11-13-22(14-12-20)33-30(35)23-8-4-3-7-21(23)17-34-26-10-6-5-9-24(26)32(31(34)36)18-37-27-16-29-28(15-25(27)32)38-19-39-29/h3-16H,2,17-19H2,1H3,(H,33,35). The molecule has 39 heavy (non-hydrogen) atoms. The Morgan fingerprint density at radius 3 is 2.44 bits per heavy atom. The molecule has 0 bridgehead atoms. The monoisotopic (exact) mass is 518 g/mol. The molecule has 0 saturated carbocycles. The summed E-state index contributed by atoms with van der Waals surface area (Å²) >= 11 is 0. The zero-order chi connectivity index (χ0) is 26.6. The number of fused-ring (bicyclic) bond motifs is 5. The Morgan fingerprint density at radius 1 is 0.872 bits per heavy atom. The molecule has 7 rings (SSSR count). The molecule has 7 heteroatoms. The summed E-state index contributed by atoms with van der Waals surface area (Å²) in [5.41, 5.74) is 4.67. The lowest BCUT2D eigenvalue weighted by atomic mass is 9.77. The van der Waals surface area contributed by atoms with Crippen LogP contribution in [0, 0.1) is 0 Å². The molecule has 1 atom stereocenters. The first-order valence-electron chi connectivity index (χ1n) is 13.0. The molecule has 1 unspecified atom stereocenters. The Bertz CT molecular complexity index is 1630. The number of para-hydroxylation sites is 1. The van der Waals surface area contributed by atoms with E-state index in [4.69, 9.17) is 14.2 Å². The third-order valence-corrected chi connectivity index (χ3v) is 7.85. The Hall–Kier alpha value is -4.78. The lowest BCUT2D eigenvalue weighted by Gasteiger charge is -2.24. The average molecular weight is 519 g/mol. The van der Waals surface area contributed by atoms with E-state index in [-0.39, 0.29) is 31.8 Å². The fraction of sp³-hybridized carbons (Fsp3) is 0.188. The molecule has 2 amide bonds. The number of benzene rings is 4. The zero-order valence-electron chi connectivity index (χ0n) is 21.4. The second kappa shape index (κ2) is 8.91. The Kier molecular flexibility index (Phi) is 5.33. The first kappa shape index (κ1) is 23.3. The number of nitrogens with one attached hydrogen (secondary N) is 1. The molecule has 0 aliphatic carbocycles. The number of hydrogen-bond donors (Lipinski definition) is 1. The van der Waals surface area contributed by atoms with Crippen LogP contribution in [0.5, 0.6) is 17.2 Å². The van der Waals surface area contributed by atoms with Gasteiger partial charge >= 0.3 is 0 Å². The van der Waals surface area contributed by atoms with E-state index in [9.17, 15) is 9.59 Å². The van der Waals surface area contributed by atoms with Crippen molar-refractivity contribution in [1.82, 2.24) is 0 Å². The van der Waals surface area contributed by atoms with Crippen LogP contribution < -0.4 is 24.4 Å².